The quantitative estimate of drug-likeness (QED) is 0.0421. The summed E-state index contributed by atoms with van der Waals surface area (Å²) in [5.74, 6) is 2.34. The van der Waals surface area contributed by atoms with Crippen LogP contribution in [0.3, 0.4) is 0 Å². The van der Waals surface area contributed by atoms with Crippen molar-refractivity contribution in [3.05, 3.63) is 12.1 Å². The summed E-state index contributed by atoms with van der Waals surface area (Å²) in [5, 5.41) is 2.69. The molecule has 0 N–H and O–H groups in total. The fourth-order valence-corrected chi connectivity index (χ4v) is 21.1. The van der Waals surface area contributed by atoms with E-state index < -0.39 is 36.8 Å². The van der Waals surface area contributed by atoms with Crippen LogP contribution in [-0.2, 0) is 0 Å². The number of fused-ring (bicyclic) bond motifs is 2. The van der Waals surface area contributed by atoms with Gasteiger partial charge in [-0.2, -0.15) is 0 Å². The van der Waals surface area contributed by atoms with Crippen molar-refractivity contribution in [1.82, 2.24) is 0 Å². The van der Waals surface area contributed by atoms with Crippen molar-refractivity contribution in [1.29, 1.82) is 0 Å². The average molecular weight is 1050 g/mol. The van der Waals surface area contributed by atoms with Gasteiger partial charge in [-0.05, 0) is 0 Å². The van der Waals surface area contributed by atoms with E-state index in [1.165, 1.54) is 224 Å². The summed E-state index contributed by atoms with van der Waals surface area (Å²) in [6.07, 6.45) is 44.8. The van der Waals surface area contributed by atoms with E-state index >= 15 is 0 Å². The van der Waals surface area contributed by atoms with Crippen LogP contribution < -0.4 is 15.3 Å². The second kappa shape index (κ2) is 31.2. The molecule has 0 saturated carbocycles. The molecular formula is C52H94O2S2Sn2. The zero-order valence-electron chi connectivity index (χ0n) is 39.8. The van der Waals surface area contributed by atoms with Gasteiger partial charge < -0.3 is 0 Å². The van der Waals surface area contributed by atoms with Crippen molar-refractivity contribution in [3.8, 4) is 11.5 Å². The summed E-state index contributed by atoms with van der Waals surface area (Å²) in [6, 6.07) is 5.08. The van der Waals surface area contributed by atoms with Crippen LogP contribution in [0.15, 0.2) is 12.1 Å². The minimum absolute atomic E-state index is 0.831. The van der Waals surface area contributed by atoms with Gasteiger partial charge in [-0.3, -0.25) is 0 Å². The van der Waals surface area contributed by atoms with Gasteiger partial charge in [-0.25, -0.2) is 0 Å². The summed E-state index contributed by atoms with van der Waals surface area (Å²) >= 11 is -0.531. The Labute approximate surface area is 377 Å². The van der Waals surface area contributed by atoms with Crippen LogP contribution in [-0.4, -0.2) is 50.0 Å². The molecule has 3 rings (SSSR count). The molecule has 2 heterocycles. The fraction of sp³-hybridized carbons (Fsp3) is 0.808. The van der Waals surface area contributed by atoms with E-state index in [-0.39, 0.29) is 0 Å². The normalized spacial score (nSPS) is 12.4. The van der Waals surface area contributed by atoms with Crippen LogP contribution in [0.5, 0.6) is 11.5 Å². The van der Waals surface area contributed by atoms with Gasteiger partial charge in [0, 0.05) is 0 Å². The third-order valence-corrected chi connectivity index (χ3v) is 33.5. The maximum atomic E-state index is 6.91. The van der Waals surface area contributed by atoms with Crippen molar-refractivity contribution in [2.45, 2.75) is 249 Å². The van der Waals surface area contributed by atoms with Crippen LogP contribution in [0.4, 0.5) is 0 Å². The van der Waals surface area contributed by atoms with Gasteiger partial charge in [0.05, 0.1) is 0 Å². The van der Waals surface area contributed by atoms with Crippen LogP contribution in [0, 0.1) is 0 Å². The molecule has 58 heavy (non-hydrogen) atoms. The Morgan fingerprint density at radius 1 is 0.345 bits per heavy atom. The molecule has 0 radical (unpaired) electrons. The van der Waals surface area contributed by atoms with E-state index in [1.807, 2.05) is 22.7 Å². The first-order valence-electron chi connectivity index (χ1n) is 25.4. The van der Waals surface area contributed by atoms with Gasteiger partial charge in [-0.1, -0.05) is 142 Å². The fourth-order valence-electron chi connectivity index (χ4n) is 8.38. The topological polar surface area (TPSA) is 18.5 Å². The number of unbranched alkanes of at least 4 members (excludes halogenated alkanes) is 30. The first kappa shape index (κ1) is 52.7. The van der Waals surface area contributed by atoms with Crippen molar-refractivity contribution >= 4 is 85.4 Å². The third-order valence-electron chi connectivity index (χ3n) is 12.3. The zero-order chi connectivity index (χ0) is 41.9. The van der Waals surface area contributed by atoms with Crippen molar-refractivity contribution < 1.29 is 9.47 Å². The molecule has 2 aromatic heterocycles. The van der Waals surface area contributed by atoms with Crippen LogP contribution in [0.2, 0.25) is 29.6 Å². The average Bonchev–Trinajstić information content (AvgIpc) is 3.85. The molecule has 0 aliphatic rings. The Morgan fingerprint density at radius 3 is 0.793 bits per heavy atom. The number of hydrogen-bond donors (Lipinski definition) is 0. The Balaban J connectivity index is 1.45. The number of rotatable bonds is 38. The predicted molar refractivity (Wildman–Crippen MR) is 273 cm³/mol. The van der Waals surface area contributed by atoms with E-state index in [9.17, 15) is 0 Å². The Hall–Kier alpha value is 0.337. The van der Waals surface area contributed by atoms with Gasteiger partial charge in [-0.15, -0.1) is 0 Å². The van der Waals surface area contributed by atoms with Gasteiger partial charge in [0.25, 0.3) is 0 Å². The molecule has 1 aromatic carbocycles. The van der Waals surface area contributed by atoms with E-state index in [0.717, 1.165) is 26.1 Å². The number of benzene rings is 1. The molecule has 3 aromatic rings. The maximum absolute atomic E-state index is 6.91. The SMILES string of the molecule is CCCCCCCCCCCCCCCCCCOc1c2c[c]([Sn]([CH3])([CH3])[CH3])sc2c(OCCCCCCCCCCCCCCCCCC)c2c[c]([Sn]([CH3])([CH3])[CH3])sc12. The van der Waals surface area contributed by atoms with Gasteiger partial charge in [0.15, 0.2) is 0 Å². The summed E-state index contributed by atoms with van der Waals surface area (Å²) in [6.45, 7) is 6.28. The summed E-state index contributed by atoms with van der Waals surface area (Å²) in [4.78, 5) is 15.3. The van der Waals surface area contributed by atoms with E-state index in [2.05, 4.69) is 55.6 Å². The molecule has 0 spiro atoms. The van der Waals surface area contributed by atoms with Crippen LogP contribution >= 0.6 is 22.7 Å². The molecule has 334 valence electrons. The van der Waals surface area contributed by atoms with E-state index in [0.29, 0.717) is 0 Å². The molecule has 0 atom stereocenters. The molecule has 0 aliphatic heterocycles. The van der Waals surface area contributed by atoms with Gasteiger partial charge in [0.1, 0.15) is 0 Å². The van der Waals surface area contributed by atoms with Gasteiger partial charge in [0.2, 0.25) is 0 Å². The molecular weight excluding hydrogens is 958 g/mol. The van der Waals surface area contributed by atoms with Crippen molar-refractivity contribution in [2.75, 3.05) is 13.2 Å². The molecule has 0 fully saturated rings. The van der Waals surface area contributed by atoms with Crippen LogP contribution in [0.1, 0.15) is 219 Å². The number of ether oxygens (including phenoxy) is 2. The molecule has 0 unspecified atom stereocenters. The molecule has 0 amide bonds. The molecule has 6 heteroatoms. The van der Waals surface area contributed by atoms with E-state index in [1.54, 1.807) is 5.79 Å². The summed E-state index contributed by atoms with van der Waals surface area (Å²) in [5.41, 5.74) is 0. The summed E-state index contributed by atoms with van der Waals surface area (Å²) < 4.78 is 19.8. The van der Waals surface area contributed by atoms with Crippen LogP contribution in [0.25, 0.3) is 20.2 Å². The predicted octanol–water partition coefficient (Wildman–Crippen LogP) is 18.5. The first-order valence-corrected chi connectivity index (χ1v) is 47.0. The van der Waals surface area contributed by atoms with Gasteiger partial charge >= 0.3 is 238 Å². The second-order valence-corrected chi connectivity index (χ2v) is 53.1. The molecule has 0 bridgehead atoms. The van der Waals surface area contributed by atoms with Crippen molar-refractivity contribution in [2.24, 2.45) is 0 Å². The zero-order valence-corrected chi connectivity index (χ0v) is 47.2. The second-order valence-electron chi connectivity index (χ2n) is 20.2. The third kappa shape index (κ3) is 21.1. The Kier molecular flexibility index (Phi) is 28.4. The number of hydrogen-bond acceptors (Lipinski definition) is 4. The molecule has 0 saturated heterocycles. The Bertz CT molecular complexity index is 1300. The standard InChI is InChI=1S/C46H76O2S2.6CH3.2Sn/c1-3-5-7-9-11-13-15-17-19-21-23-25-27-29-31-33-37-47-43-41-35-39-50-46(41)44(42-36-40-49-45(42)43)48-38-34-32-30-28-26-24-22-20-18-16-14-12-10-8-6-4-2;;;;;;;;/h35-36H,3-34,37-38H2,1-2H3;6*1H3;;. The van der Waals surface area contributed by atoms with Crippen molar-refractivity contribution in [3.63, 3.8) is 0 Å². The Morgan fingerprint density at radius 2 is 0.569 bits per heavy atom. The summed E-state index contributed by atoms with van der Waals surface area (Å²) in [7, 11) is 0. The first-order chi connectivity index (χ1) is 28.1. The number of thiophene rings is 2. The minimum atomic E-state index is -2.31. The van der Waals surface area contributed by atoms with E-state index in [4.69, 9.17) is 9.47 Å². The monoisotopic (exact) mass is 1050 g/mol. The molecule has 2 nitrogen and oxygen atoms in total. The molecule has 0 aliphatic carbocycles.